The highest BCUT2D eigenvalue weighted by Crippen LogP contribution is 2.27. The summed E-state index contributed by atoms with van der Waals surface area (Å²) in [6.45, 7) is 5.54. The lowest BCUT2D eigenvalue weighted by molar-refractivity contribution is 0.0919. The lowest BCUT2D eigenvalue weighted by Crippen LogP contribution is -2.30. The van der Waals surface area contributed by atoms with Gasteiger partial charge in [-0.05, 0) is 37.4 Å². The van der Waals surface area contributed by atoms with Crippen molar-refractivity contribution >= 4 is 16.9 Å². The first kappa shape index (κ1) is 15.9. The number of nitrogens with one attached hydrogen (secondary N) is 1. The van der Waals surface area contributed by atoms with Gasteiger partial charge in [0.05, 0.1) is 12.7 Å². The number of carbonyl (C=O) groups excluding carboxylic acids is 1. The summed E-state index contributed by atoms with van der Waals surface area (Å²) in [7, 11) is 0. The Labute approximate surface area is 145 Å². The first-order valence-electron chi connectivity index (χ1n) is 8.57. The summed E-state index contributed by atoms with van der Waals surface area (Å²) >= 11 is 0. The van der Waals surface area contributed by atoms with E-state index in [0.29, 0.717) is 12.5 Å². The van der Waals surface area contributed by atoms with Crippen LogP contribution >= 0.6 is 0 Å². The van der Waals surface area contributed by atoms with Crippen molar-refractivity contribution in [3.8, 4) is 0 Å². The first-order valence-corrected chi connectivity index (χ1v) is 8.57. The number of para-hydroxylation sites is 1. The van der Waals surface area contributed by atoms with Crippen LogP contribution in [-0.4, -0.2) is 35.4 Å². The normalized spacial score (nSPS) is 18.0. The standard InChI is InChI=1S/C19H21N3O3/c1-13-15-4-2-3-5-16(15)25-18(13)11-22-7-6-14(10-22)8-21-19(23)17-9-20-12-24-17/h2-5,9,12,14H,6-8,10-11H2,1H3,(H,21,23). The molecule has 0 saturated carbocycles. The molecular weight excluding hydrogens is 318 g/mol. The van der Waals surface area contributed by atoms with Crippen molar-refractivity contribution < 1.29 is 13.6 Å². The zero-order valence-electron chi connectivity index (χ0n) is 14.2. The molecular formula is C19H21N3O3. The molecule has 3 heterocycles. The predicted octanol–water partition coefficient (Wildman–Crippen LogP) is 2.98. The van der Waals surface area contributed by atoms with E-state index < -0.39 is 0 Å². The van der Waals surface area contributed by atoms with Crippen LogP contribution in [0.3, 0.4) is 0 Å². The quantitative estimate of drug-likeness (QED) is 0.774. The van der Waals surface area contributed by atoms with Crippen molar-refractivity contribution in [1.82, 2.24) is 15.2 Å². The maximum absolute atomic E-state index is 11.9. The SMILES string of the molecule is Cc1c(CN2CCC(CNC(=O)c3cnco3)C2)oc2ccccc12. The third-order valence-electron chi connectivity index (χ3n) is 4.89. The number of rotatable bonds is 5. The number of aryl methyl sites for hydroxylation is 1. The van der Waals surface area contributed by atoms with Crippen LogP contribution in [0.4, 0.5) is 0 Å². The summed E-state index contributed by atoms with van der Waals surface area (Å²) in [5.74, 6) is 1.53. The van der Waals surface area contributed by atoms with Gasteiger partial charge in [0.25, 0.3) is 5.91 Å². The van der Waals surface area contributed by atoms with Crippen LogP contribution in [0.25, 0.3) is 11.0 Å². The number of furan rings is 1. The van der Waals surface area contributed by atoms with Crippen LogP contribution in [0.15, 0.2) is 45.7 Å². The smallest absolute Gasteiger partial charge is 0.288 e. The second kappa shape index (κ2) is 6.72. The van der Waals surface area contributed by atoms with Gasteiger partial charge in [-0.15, -0.1) is 0 Å². The number of carbonyl (C=O) groups is 1. The average molecular weight is 339 g/mol. The van der Waals surface area contributed by atoms with Gasteiger partial charge >= 0.3 is 0 Å². The molecule has 1 N–H and O–H groups in total. The molecule has 6 heteroatoms. The van der Waals surface area contributed by atoms with Crippen molar-refractivity contribution in [1.29, 1.82) is 0 Å². The average Bonchev–Trinajstić information content (AvgIpc) is 3.35. The monoisotopic (exact) mass is 339 g/mol. The number of hydrogen-bond donors (Lipinski definition) is 1. The number of fused-ring (bicyclic) bond motifs is 1. The Morgan fingerprint density at radius 3 is 3.08 bits per heavy atom. The van der Waals surface area contributed by atoms with Gasteiger partial charge in [0.2, 0.25) is 5.76 Å². The van der Waals surface area contributed by atoms with Crippen molar-refractivity contribution in [2.75, 3.05) is 19.6 Å². The van der Waals surface area contributed by atoms with E-state index in [1.165, 1.54) is 23.5 Å². The van der Waals surface area contributed by atoms with E-state index in [4.69, 9.17) is 8.83 Å². The molecule has 0 radical (unpaired) electrons. The Morgan fingerprint density at radius 2 is 2.28 bits per heavy atom. The van der Waals surface area contributed by atoms with Gasteiger partial charge in [-0.1, -0.05) is 18.2 Å². The summed E-state index contributed by atoms with van der Waals surface area (Å²) < 4.78 is 11.0. The van der Waals surface area contributed by atoms with Gasteiger partial charge < -0.3 is 14.2 Å². The van der Waals surface area contributed by atoms with Crippen LogP contribution in [0, 0.1) is 12.8 Å². The third-order valence-corrected chi connectivity index (χ3v) is 4.89. The second-order valence-corrected chi connectivity index (χ2v) is 6.61. The number of benzene rings is 1. The lowest BCUT2D eigenvalue weighted by atomic mass is 10.1. The van der Waals surface area contributed by atoms with Gasteiger partial charge in [0.15, 0.2) is 6.39 Å². The van der Waals surface area contributed by atoms with E-state index in [9.17, 15) is 4.79 Å². The second-order valence-electron chi connectivity index (χ2n) is 6.61. The summed E-state index contributed by atoms with van der Waals surface area (Å²) in [5.41, 5.74) is 2.17. The minimum Gasteiger partial charge on any atom is -0.459 e. The summed E-state index contributed by atoms with van der Waals surface area (Å²) in [5, 5.41) is 4.11. The van der Waals surface area contributed by atoms with Gasteiger partial charge in [-0.3, -0.25) is 9.69 Å². The fourth-order valence-corrected chi connectivity index (χ4v) is 3.45. The van der Waals surface area contributed by atoms with Crippen molar-refractivity contribution in [2.24, 2.45) is 5.92 Å². The highest BCUT2D eigenvalue weighted by molar-refractivity contribution is 5.90. The van der Waals surface area contributed by atoms with Crippen molar-refractivity contribution in [3.63, 3.8) is 0 Å². The molecule has 2 aromatic heterocycles. The van der Waals surface area contributed by atoms with Crippen LogP contribution in [0.1, 0.15) is 28.3 Å². The van der Waals surface area contributed by atoms with E-state index in [0.717, 1.165) is 37.4 Å². The van der Waals surface area contributed by atoms with Gasteiger partial charge in [-0.25, -0.2) is 4.98 Å². The molecule has 1 aromatic carbocycles. The Hall–Kier alpha value is -2.60. The molecule has 1 unspecified atom stereocenters. The van der Waals surface area contributed by atoms with Crippen LogP contribution in [-0.2, 0) is 6.54 Å². The highest BCUT2D eigenvalue weighted by Gasteiger charge is 2.25. The molecule has 130 valence electrons. The van der Waals surface area contributed by atoms with E-state index in [2.05, 4.69) is 28.2 Å². The van der Waals surface area contributed by atoms with Gasteiger partial charge in [0, 0.05) is 18.5 Å². The highest BCUT2D eigenvalue weighted by atomic mass is 16.3. The number of nitrogens with zero attached hydrogens (tertiary/aromatic N) is 2. The van der Waals surface area contributed by atoms with Gasteiger partial charge in [-0.2, -0.15) is 0 Å². The first-order chi connectivity index (χ1) is 12.2. The molecule has 0 aliphatic carbocycles. The number of amides is 1. The molecule has 0 spiro atoms. The van der Waals surface area contributed by atoms with E-state index in [1.54, 1.807) is 0 Å². The molecule has 1 amide bonds. The lowest BCUT2D eigenvalue weighted by Gasteiger charge is -2.15. The Balaban J connectivity index is 1.33. The van der Waals surface area contributed by atoms with Crippen molar-refractivity contribution in [3.05, 3.63) is 53.9 Å². The minimum atomic E-state index is -0.205. The molecule has 4 rings (SSSR count). The topological polar surface area (TPSA) is 71.5 Å². The maximum Gasteiger partial charge on any atom is 0.288 e. The predicted molar refractivity (Wildman–Crippen MR) is 93.2 cm³/mol. The number of likely N-dealkylation sites (tertiary alicyclic amines) is 1. The largest absolute Gasteiger partial charge is 0.459 e. The number of oxazole rings is 1. The summed E-state index contributed by atoms with van der Waals surface area (Å²) in [6.07, 6.45) is 3.76. The zero-order valence-corrected chi connectivity index (χ0v) is 14.2. The van der Waals surface area contributed by atoms with E-state index in [1.807, 2.05) is 18.2 Å². The fraction of sp³-hybridized carbons (Fsp3) is 0.368. The Kier molecular flexibility index (Phi) is 4.28. The molecule has 1 fully saturated rings. The van der Waals surface area contributed by atoms with Crippen LogP contribution in [0.2, 0.25) is 0 Å². The molecule has 1 aliphatic heterocycles. The zero-order chi connectivity index (χ0) is 17.2. The molecule has 1 saturated heterocycles. The number of hydrogen-bond acceptors (Lipinski definition) is 5. The molecule has 3 aromatic rings. The van der Waals surface area contributed by atoms with E-state index in [-0.39, 0.29) is 11.7 Å². The summed E-state index contributed by atoms with van der Waals surface area (Å²) in [4.78, 5) is 18.1. The third kappa shape index (κ3) is 3.30. The summed E-state index contributed by atoms with van der Waals surface area (Å²) in [6, 6.07) is 8.15. The van der Waals surface area contributed by atoms with Crippen LogP contribution in [0.5, 0.6) is 0 Å². The molecule has 6 nitrogen and oxygen atoms in total. The maximum atomic E-state index is 11.9. The van der Waals surface area contributed by atoms with Crippen molar-refractivity contribution in [2.45, 2.75) is 19.9 Å². The molecule has 1 aliphatic rings. The molecule has 25 heavy (non-hydrogen) atoms. The fourth-order valence-electron chi connectivity index (χ4n) is 3.45. The Morgan fingerprint density at radius 1 is 1.40 bits per heavy atom. The van der Waals surface area contributed by atoms with Gasteiger partial charge in [0.1, 0.15) is 11.3 Å². The molecule has 1 atom stereocenters. The van der Waals surface area contributed by atoms with E-state index >= 15 is 0 Å². The minimum absolute atomic E-state index is 0.205. The number of aromatic nitrogens is 1. The van der Waals surface area contributed by atoms with Crippen LogP contribution < -0.4 is 5.32 Å². The Bertz CT molecular complexity index is 869. The molecule has 0 bridgehead atoms.